The molecule has 0 spiro atoms. The van der Waals surface area contributed by atoms with Crippen LogP contribution < -0.4 is 5.32 Å². The van der Waals surface area contributed by atoms with E-state index in [0.717, 1.165) is 31.8 Å². The molecule has 0 amide bonds. The molecule has 2 aromatic rings. The van der Waals surface area contributed by atoms with Gasteiger partial charge in [0.1, 0.15) is 0 Å². The van der Waals surface area contributed by atoms with Gasteiger partial charge in [-0.2, -0.15) is 18.2 Å². The lowest BCUT2D eigenvalue weighted by Crippen LogP contribution is -2.49. The molecule has 1 N–H and O–H groups in total. The summed E-state index contributed by atoms with van der Waals surface area (Å²) >= 11 is 0. The van der Waals surface area contributed by atoms with E-state index in [0.29, 0.717) is 29.9 Å². The fourth-order valence-electron chi connectivity index (χ4n) is 2.54. The van der Waals surface area contributed by atoms with Crippen LogP contribution in [-0.4, -0.2) is 40.7 Å². The summed E-state index contributed by atoms with van der Waals surface area (Å²) in [7, 11) is 0. The SMILES string of the molecule is C[C@@H]1CNCCN1Cc1nc(-c2ccc(C(F)(F)F)cc2)no1.Cl. The highest BCUT2D eigenvalue weighted by atomic mass is 35.5. The van der Waals surface area contributed by atoms with Crippen molar-refractivity contribution in [1.29, 1.82) is 0 Å². The molecule has 0 unspecified atom stereocenters. The first-order chi connectivity index (χ1) is 10.9. The van der Waals surface area contributed by atoms with Gasteiger partial charge >= 0.3 is 6.18 Å². The van der Waals surface area contributed by atoms with Gasteiger partial charge in [0.05, 0.1) is 12.1 Å². The third-order valence-corrected chi connectivity index (χ3v) is 3.92. The van der Waals surface area contributed by atoms with Gasteiger partial charge in [-0.1, -0.05) is 17.3 Å². The van der Waals surface area contributed by atoms with Crippen LogP contribution in [0.5, 0.6) is 0 Å². The molecule has 1 fully saturated rings. The van der Waals surface area contributed by atoms with E-state index in [4.69, 9.17) is 4.52 Å². The second kappa shape index (κ2) is 7.50. The quantitative estimate of drug-likeness (QED) is 0.909. The lowest BCUT2D eigenvalue weighted by molar-refractivity contribution is -0.137. The number of halogens is 4. The van der Waals surface area contributed by atoms with Gasteiger partial charge in [-0.25, -0.2) is 0 Å². The molecule has 1 aliphatic rings. The lowest BCUT2D eigenvalue weighted by Gasteiger charge is -2.32. The number of hydrogen-bond acceptors (Lipinski definition) is 5. The molecule has 24 heavy (non-hydrogen) atoms. The van der Waals surface area contributed by atoms with Crippen molar-refractivity contribution < 1.29 is 17.7 Å². The normalized spacial score (nSPS) is 19.1. The zero-order valence-electron chi connectivity index (χ0n) is 13.0. The molecule has 3 rings (SSSR count). The number of piperazine rings is 1. The van der Waals surface area contributed by atoms with Gasteiger partial charge in [0.25, 0.3) is 0 Å². The van der Waals surface area contributed by atoms with Crippen molar-refractivity contribution in [3.63, 3.8) is 0 Å². The smallest absolute Gasteiger partial charge is 0.338 e. The minimum atomic E-state index is -4.35. The molecule has 0 bridgehead atoms. The van der Waals surface area contributed by atoms with Crippen molar-refractivity contribution in [2.45, 2.75) is 25.7 Å². The Morgan fingerprint density at radius 2 is 2.00 bits per heavy atom. The van der Waals surface area contributed by atoms with Gasteiger partial charge in [-0.05, 0) is 19.1 Å². The Balaban J connectivity index is 0.00000208. The van der Waals surface area contributed by atoms with Crippen LogP contribution in [0.4, 0.5) is 13.2 Å². The van der Waals surface area contributed by atoms with Crippen molar-refractivity contribution in [2.75, 3.05) is 19.6 Å². The zero-order valence-corrected chi connectivity index (χ0v) is 13.8. The predicted octanol–water partition coefficient (Wildman–Crippen LogP) is 2.97. The predicted molar refractivity (Wildman–Crippen MR) is 84.7 cm³/mol. The maximum absolute atomic E-state index is 12.6. The molecule has 1 aromatic carbocycles. The van der Waals surface area contributed by atoms with Gasteiger partial charge in [-0.15, -0.1) is 12.4 Å². The molecule has 0 radical (unpaired) electrons. The summed E-state index contributed by atoms with van der Waals surface area (Å²) in [5, 5.41) is 7.16. The monoisotopic (exact) mass is 362 g/mol. The van der Waals surface area contributed by atoms with Gasteiger partial charge in [-0.3, -0.25) is 4.90 Å². The molecule has 9 heteroatoms. The summed E-state index contributed by atoms with van der Waals surface area (Å²) in [5.41, 5.74) is -0.194. The van der Waals surface area contributed by atoms with Crippen molar-refractivity contribution in [2.24, 2.45) is 0 Å². The highest BCUT2D eigenvalue weighted by Gasteiger charge is 2.30. The molecule has 0 saturated carbocycles. The van der Waals surface area contributed by atoms with Crippen molar-refractivity contribution in [1.82, 2.24) is 20.4 Å². The number of alkyl halides is 3. The van der Waals surface area contributed by atoms with E-state index in [2.05, 4.69) is 27.3 Å². The van der Waals surface area contributed by atoms with Gasteiger partial charge in [0.2, 0.25) is 11.7 Å². The Kier molecular flexibility index (Phi) is 5.84. The van der Waals surface area contributed by atoms with Crippen molar-refractivity contribution in [3.05, 3.63) is 35.7 Å². The van der Waals surface area contributed by atoms with Crippen molar-refractivity contribution in [3.8, 4) is 11.4 Å². The first-order valence-corrected chi connectivity index (χ1v) is 7.38. The topological polar surface area (TPSA) is 54.2 Å². The summed E-state index contributed by atoms with van der Waals surface area (Å²) in [6.45, 7) is 5.35. The average molecular weight is 363 g/mol. The second-order valence-electron chi connectivity index (χ2n) is 5.61. The van der Waals surface area contributed by atoms with Crippen LogP contribution in [0.2, 0.25) is 0 Å². The second-order valence-corrected chi connectivity index (χ2v) is 5.61. The molecule has 0 aliphatic carbocycles. The third kappa shape index (κ3) is 4.25. The number of rotatable bonds is 3. The van der Waals surface area contributed by atoms with Crippen LogP contribution in [0.1, 0.15) is 18.4 Å². The maximum atomic E-state index is 12.6. The molecular weight excluding hydrogens is 345 g/mol. The average Bonchev–Trinajstić information content (AvgIpc) is 2.97. The molecule has 1 aromatic heterocycles. The van der Waals surface area contributed by atoms with Crippen LogP contribution in [0.3, 0.4) is 0 Å². The number of benzene rings is 1. The number of aromatic nitrogens is 2. The van der Waals surface area contributed by atoms with E-state index in [-0.39, 0.29) is 12.4 Å². The summed E-state index contributed by atoms with van der Waals surface area (Å²) < 4.78 is 42.9. The molecule has 1 saturated heterocycles. The summed E-state index contributed by atoms with van der Waals surface area (Å²) in [6, 6.07) is 5.11. The Hall–Kier alpha value is -1.64. The zero-order chi connectivity index (χ0) is 16.4. The molecule has 2 heterocycles. The molecule has 5 nitrogen and oxygen atoms in total. The van der Waals surface area contributed by atoms with Gasteiger partial charge in [0.15, 0.2) is 0 Å². The first kappa shape index (κ1) is 18.7. The highest BCUT2D eigenvalue weighted by Crippen LogP contribution is 2.30. The molecule has 1 atom stereocenters. The molecular formula is C15H18ClF3N4O. The standard InChI is InChI=1S/C15H17F3N4O.ClH/c1-10-8-19-6-7-22(10)9-13-20-14(21-23-13)11-2-4-12(5-3-11)15(16,17)18;/h2-5,10,19H,6-9H2,1H3;1H/t10-;/m1./s1. The fourth-order valence-corrected chi connectivity index (χ4v) is 2.54. The van der Waals surface area contributed by atoms with E-state index in [1.54, 1.807) is 0 Å². The van der Waals surface area contributed by atoms with E-state index in [1.807, 2.05) is 0 Å². The van der Waals surface area contributed by atoms with Gasteiger partial charge < -0.3 is 9.84 Å². The largest absolute Gasteiger partial charge is 0.416 e. The van der Waals surface area contributed by atoms with Crippen LogP contribution in [-0.2, 0) is 12.7 Å². The van der Waals surface area contributed by atoms with E-state index in [9.17, 15) is 13.2 Å². The number of hydrogen-bond donors (Lipinski definition) is 1. The minimum Gasteiger partial charge on any atom is -0.338 e. The number of nitrogens with zero attached hydrogens (tertiary/aromatic N) is 3. The molecule has 1 aliphatic heterocycles. The Labute approximate surface area is 143 Å². The maximum Gasteiger partial charge on any atom is 0.416 e. The third-order valence-electron chi connectivity index (χ3n) is 3.92. The lowest BCUT2D eigenvalue weighted by atomic mass is 10.1. The Bertz CT molecular complexity index is 659. The van der Waals surface area contributed by atoms with E-state index in [1.165, 1.54) is 12.1 Å². The summed E-state index contributed by atoms with van der Waals surface area (Å²) in [6.07, 6.45) is -4.35. The van der Waals surface area contributed by atoms with E-state index >= 15 is 0 Å². The summed E-state index contributed by atoms with van der Waals surface area (Å²) in [4.78, 5) is 6.50. The van der Waals surface area contributed by atoms with E-state index < -0.39 is 11.7 Å². The highest BCUT2D eigenvalue weighted by molar-refractivity contribution is 5.85. The van der Waals surface area contributed by atoms with Crippen LogP contribution in [0.25, 0.3) is 11.4 Å². The fraction of sp³-hybridized carbons (Fsp3) is 0.467. The first-order valence-electron chi connectivity index (χ1n) is 7.38. The molecule has 132 valence electrons. The van der Waals surface area contributed by atoms with Crippen LogP contribution in [0, 0.1) is 0 Å². The Morgan fingerprint density at radius 3 is 2.62 bits per heavy atom. The van der Waals surface area contributed by atoms with Crippen LogP contribution in [0.15, 0.2) is 28.8 Å². The number of nitrogens with one attached hydrogen (secondary N) is 1. The van der Waals surface area contributed by atoms with Crippen molar-refractivity contribution >= 4 is 12.4 Å². The minimum absolute atomic E-state index is 0. The Morgan fingerprint density at radius 1 is 1.29 bits per heavy atom. The van der Waals surface area contributed by atoms with Gasteiger partial charge in [0, 0.05) is 31.2 Å². The summed E-state index contributed by atoms with van der Waals surface area (Å²) in [5.74, 6) is 0.769. The van der Waals surface area contributed by atoms with Crippen LogP contribution >= 0.6 is 12.4 Å².